The molecule has 1 saturated heterocycles. The van der Waals surface area contributed by atoms with Gasteiger partial charge >= 0.3 is 0 Å². The molecule has 1 aliphatic heterocycles. The third-order valence-electron chi connectivity index (χ3n) is 4.72. The van der Waals surface area contributed by atoms with Crippen LogP contribution in [0.3, 0.4) is 0 Å². The van der Waals surface area contributed by atoms with Crippen molar-refractivity contribution in [2.24, 2.45) is 11.8 Å². The SMILES string of the molecule is CC(C)[C@@H](C)NC(=O)c1ccc(CN2CCC[C@@H](C)C2)cc1. The Morgan fingerprint density at radius 2 is 1.95 bits per heavy atom. The van der Waals surface area contributed by atoms with E-state index < -0.39 is 0 Å². The highest BCUT2D eigenvalue weighted by molar-refractivity contribution is 5.94. The van der Waals surface area contributed by atoms with Gasteiger partial charge in [0, 0.05) is 24.7 Å². The van der Waals surface area contributed by atoms with Crippen LogP contribution in [-0.4, -0.2) is 29.9 Å². The average molecular weight is 302 g/mol. The summed E-state index contributed by atoms with van der Waals surface area (Å²) in [6.45, 7) is 12.0. The van der Waals surface area contributed by atoms with Crippen LogP contribution in [0, 0.1) is 11.8 Å². The van der Waals surface area contributed by atoms with Crippen molar-refractivity contribution >= 4 is 5.91 Å². The summed E-state index contributed by atoms with van der Waals surface area (Å²) in [5.74, 6) is 1.28. The molecule has 0 aliphatic carbocycles. The molecule has 22 heavy (non-hydrogen) atoms. The summed E-state index contributed by atoms with van der Waals surface area (Å²) < 4.78 is 0. The maximum atomic E-state index is 12.2. The van der Waals surface area contributed by atoms with Crippen LogP contribution >= 0.6 is 0 Å². The van der Waals surface area contributed by atoms with Gasteiger partial charge < -0.3 is 5.32 Å². The molecule has 1 N–H and O–H groups in total. The topological polar surface area (TPSA) is 32.3 Å². The number of nitrogens with zero attached hydrogens (tertiary/aromatic N) is 1. The zero-order chi connectivity index (χ0) is 16.1. The van der Waals surface area contributed by atoms with Crippen LogP contribution in [0.1, 0.15) is 56.5 Å². The predicted octanol–water partition coefficient (Wildman–Crippen LogP) is 3.69. The van der Waals surface area contributed by atoms with Crippen LogP contribution in [0.4, 0.5) is 0 Å². The number of amides is 1. The second-order valence-corrected chi connectivity index (χ2v) is 7.19. The number of benzene rings is 1. The first-order chi connectivity index (χ1) is 10.5. The Labute approximate surface area is 135 Å². The average Bonchev–Trinajstić information content (AvgIpc) is 2.47. The first-order valence-corrected chi connectivity index (χ1v) is 8.58. The van der Waals surface area contributed by atoms with Crippen molar-refractivity contribution in [3.05, 3.63) is 35.4 Å². The van der Waals surface area contributed by atoms with Crippen molar-refractivity contribution in [1.82, 2.24) is 10.2 Å². The summed E-state index contributed by atoms with van der Waals surface area (Å²) in [4.78, 5) is 14.7. The van der Waals surface area contributed by atoms with Crippen molar-refractivity contribution < 1.29 is 4.79 Å². The standard InChI is InChI=1S/C19H30N2O/c1-14(2)16(4)20-19(22)18-9-7-17(8-10-18)13-21-11-5-6-15(3)12-21/h7-10,14-16H,5-6,11-13H2,1-4H3,(H,20,22)/t15-,16-/m1/s1. The molecule has 0 spiro atoms. The van der Waals surface area contributed by atoms with E-state index in [1.165, 1.54) is 31.5 Å². The third-order valence-corrected chi connectivity index (χ3v) is 4.72. The fourth-order valence-electron chi connectivity index (χ4n) is 2.91. The minimum atomic E-state index is 0.0272. The molecule has 1 amide bonds. The molecule has 0 unspecified atom stereocenters. The Balaban J connectivity index is 1.91. The number of hydrogen-bond acceptors (Lipinski definition) is 2. The van der Waals surface area contributed by atoms with Gasteiger partial charge in [-0.1, -0.05) is 32.9 Å². The summed E-state index contributed by atoms with van der Waals surface area (Å²) in [7, 11) is 0. The van der Waals surface area contributed by atoms with E-state index >= 15 is 0 Å². The molecule has 1 heterocycles. The maximum Gasteiger partial charge on any atom is 0.251 e. The number of hydrogen-bond donors (Lipinski definition) is 1. The smallest absolute Gasteiger partial charge is 0.251 e. The monoisotopic (exact) mass is 302 g/mol. The lowest BCUT2D eigenvalue weighted by atomic mass is 9.99. The lowest BCUT2D eigenvalue weighted by Gasteiger charge is -2.30. The first-order valence-electron chi connectivity index (χ1n) is 8.58. The third kappa shape index (κ3) is 4.84. The van der Waals surface area contributed by atoms with E-state index in [1.807, 2.05) is 12.1 Å². The van der Waals surface area contributed by atoms with E-state index in [-0.39, 0.29) is 11.9 Å². The molecule has 1 aromatic rings. The fourth-order valence-corrected chi connectivity index (χ4v) is 2.91. The van der Waals surface area contributed by atoms with Crippen molar-refractivity contribution in [2.45, 2.75) is 53.1 Å². The maximum absolute atomic E-state index is 12.2. The van der Waals surface area contributed by atoms with Gasteiger partial charge in [-0.15, -0.1) is 0 Å². The van der Waals surface area contributed by atoms with Crippen LogP contribution in [0.2, 0.25) is 0 Å². The molecule has 1 aliphatic rings. The van der Waals surface area contributed by atoms with E-state index in [0.717, 1.165) is 18.0 Å². The number of carbonyl (C=O) groups excluding carboxylic acids is 1. The summed E-state index contributed by atoms with van der Waals surface area (Å²) in [6, 6.07) is 8.28. The summed E-state index contributed by atoms with van der Waals surface area (Å²) in [5.41, 5.74) is 2.05. The molecule has 122 valence electrons. The molecule has 2 rings (SSSR count). The van der Waals surface area contributed by atoms with E-state index in [1.54, 1.807) is 0 Å². The van der Waals surface area contributed by atoms with Crippen molar-refractivity contribution in [3.8, 4) is 0 Å². The van der Waals surface area contributed by atoms with E-state index in [9.17, 15) is 4.79 Å². The second-order valence-electron chi connectivity index (χ2n) is 7.19. The minimum Gasteiger partial charge on any atom is -0.349 e. The molecular weight excluding hydrogens is 272 g/mol. The van der Waals surface area contributed by atoms with Gasteiger partial charge in [-0.25, -0.2) is 0 Å². The Morgan fingerprint density at radius 1 is 1.27 bits per heavy atom. The van der Waals surface area contributed by atoms with Gasteiger partial charge in [-0.2, -0.15) is 0 Å². The molecule has 0 saturated carbocycles. The van der Waals surface area contributed by atoms with E-state index in [4.69, 9.17) is 0 Å². The predicted molar refractivity (Wildman–Crippen MR) is 91.9 cm³/mol. The zero-order valence-electron chi connectivity index (χ0n) is 14.4. The Bertz CT molecular complexity index is 481. The highest BCUT2D eigenvalue weighted by atomic mass is 16.1. The van der Waals surface area contributed by atoms with Crippen LogP contribution in [0.25, 0.3) is 0 Å². The largest absolute Gasteiger partial charge is 0.349 e. The molecule has 1 fully saturated rings. The van der Waals surface area contributed by atoms with Crippen LogP contribution in [-0.2, 0) is 6.54 Å². The Morgan fingerprint density at radius 3 is 2.55 bits per heavy atom. The normalized spacial score (nSPS) is 20.9. The van der Waals surface area contributed by atoms with Gasteiger partial charge in [0.2, 0.25) is 0 Å². The molecule has 1 aromatic carbocycles. The number of nitrogens with one attached hydrogen (secondary N) is 1. The Kier molecular flexibility index (Phi) is 6.01. The summed E-state index contributed by atoms with van der Waals surface area (Å²) in [5, 5.41) is 3.05. The molecule has 2 atom stereocenters. The first kappa shape index (κ1) is 17.0. The Hall–Kier alpha value is -1.35. The van der Waals surface area contributed by atoms with Crippen molar-refractivity contribution in [2.75, 3.05) is 13.1 Å². The highest BCUT2D eigenvalue weighted by Crippen LogP contribution is 2.18. The number of carbonyl (C=O) groups is 1. The summed E-state index contributed by atoms with van der Waals surface area (Å²) in [6.07, 6.45) is 2.65. The minimum absolute atomic E-state index is 0.0272. The number of likely N-dealkylation sites (tertiary alicyclic amines) is 1. The van der Waals surface area contributed by atoms with Gasteiger partial charge in [-0.3, -0.25) is 9.69 Å². The van der Waals surface area contributed by atoms with Gasteiger partial charge in [0.05, 0.1) is 0 Å². The van der Waals surface area contributed by atoms with E-state index in [0.29, 0.717) is 5.92 Å². The van der Waals surface area contributed by atoms with Crippen molar-refractivity contribution in [1.29, 1.82) is 0 Å². The van der Waals surface area contributed by atoms with Crippen LogP contribution in [0.15, 0.2) is 24.3 Å². The molecule has 0 aromatic heterocycles. The number of piperidine rings is 1. The summed E-state index contributed by atoms with van der Waals surface area (Å²) >= 11 is 0. The van der Waals surface area contributed by atoms with Gasteiger partial charge in [0.1, 0.15) is 0 Å². The zero-order valence-corrected chi connectivity index (χ0v) is 14.4. The number of rotatable bonds is 5. The lowest BCUT2D eigenvalue weighted by molar-refractivity contribution is 0.0930. The van der Waals surface area contributed by atoms with Gasteiger partial charge in [-0.05, 0) is 55.8 Å². The van der Waals surface area contributed by atoms with Crippen LogP contribution < -0.4 is 5.32 Å². The second kappa shape index (κ2) is 7.77. The van der Waals surface area contributed by atoms with E-state index in [2.05, 4.69) is 50.0 Å². The quantitative estimate of drug-likeness (QED) is 0.899. The molecule has 0 bridgehead atoms. The molecule has 0 radical (unpaired) electrons. The molecular formula is C19H30N2O. The lowest BCUT2D eigenvalue weighted by Crippen LogP contribution is -2.36. The highest BCUT2D eigenvalue weighted by Gasteiger charge is 2.16. The fraction of sp³-hybridized carbons (Fsp3) is 0.632. The molecule has 3 nitrogen and oxygen atoms in total. The van der Waals surface area contributed by atoms with Gasteiger partial charge in [0.15, 0.2) is 0 Å². The van der Waals surface area contributed by atoms with Crippen LogP contribution in [0.5, 0.6) is 0 Å². The van der Waals surface area contributed by atoms with Gasteiger partial charge in [0.25, 0.3) is 5.91 Å². The van der Waals surface area contributed by atoms with Crippen molar-refractivity contribution in [3.63, 3.8) is 0 Å². The molecule has 3 heteroatoms.